The third kappa shape index (κ3) is 3.46. The molecule has 0 radical (unpaired) electrons. The van der Waals surface area contributed by atoms with Gasteiger partial charge in [-0.3, -0.25) is 0 Å². The Kier molecular flexibility index (Phi) is 5.62. The van der Waals surface area contributed by atoms with Gasteiger partial charge in [0.1, 0.15) is 0 Å². The molecule has 90 valence electrons. The van der Waals surface area contributed by atoms with Gasteiger partial charge >= 0.3 is 0 Å². The Labute approximate surface area is 94.0 Å². The Morgan fingerprint density at radius 2 is 1.87 bits per heavy atom. The second kappa shape index (κ2) is 6.49. The first kappa shape index (κ1) is 13.0. The Morgan fingerprint density at radius 3 is 2.33 bits per heavy atom. The van der Waals surface area contributed by atoms with Crippen molar-refractivity contribution < 1.29 is 9.84 Å². The molecule has 0 aromatic heterocycles. The molecule has 0 spiro atoms. The van der Waals surface area contributed by atoms with Crippen molar-refractivity contribution in [3.8, 4) is 0 Å². The van der Waals surface area contributed by atoms with Gasteiger partial charge < -0.3 is 9.84 Å². The summed E-state index contributed by atoms with van der Waals surface area (Å²) in [6.07, 6.45) is 10.3. The second-order valence-electron chi connectivity index (χ2n) is 4.84. The van der Waals surface area contributed by atoms with Crippen LogP contribution in [-0.2, 0) is 4.74 Å². The minimum atomic E-state index is -0.238. The van der Waals surface area contributed by atoms with Crippen LogP contribution in [0.2, 0.25) is 0 Å². The lowest BCUT2D eigenvalue weighted by atomic mass is 9.74. The van der Waals surface area contributed by atoms with Gasteiger partial charge in [0.2, 0.25) is 0 Å². The monoisotopic (exact) mass is 214 g/mol. The quantitative estimate of drug-likeness (QED) is 0.628. The van der Waals surface area contributed by atoms with E-state index in [4.69, 9.17) is 4.74 Å². The zero-order valence-corrected chi connectivity index (χ0v) is 10.3. The lowest BCUT2D eigenvalue weighted by Crippen LogP contribution is -2.49. The van der Waals surface area contributed by atoms with Crippen LogP contribution in [0.25, 0.3) is 0 Å². The van der Waals surface area contributed by atoms with E-state index in [2.05, 4.69) is 6.92 Å². The molecule has 2 heteroatoms. The van der Waals surface area contributed by atoms with Crippen molar-refractivity contribution in [2.24, 2.45) is 0 Å². The number of ether oxygens (including phenoxy) is 1. The average molecular weight is 214 g/mol. The van der Waals surface area contributed by atoms with Crippen LogP contribution in [0.15, 0.2) is 0 Å². The molecule has 0 saturated heterocycles. The maximum atomic E-state index is 10.1. The molecule has 0 bridgehead atoms. The fourth-order valence-electron chi connectivity index (χ4n) is 2.40. The van der Waals surface area contributed by atoms with Crippen LogP contribution in [0.5, 0.6) is 0 Å². The summed E-state index contributed by atoms with van der Waals surface area (Å²) >= 11 is 0. The fourth-order valence-corrected chi connectivity index (χ4v) is 2.40. The molecule has 1 aliphatic rings. The summed E-state index contributed by atoms with van der Waals surface area (Å²) in [7, 11) is 1.74. The second-order valence-corrected chi connectivity index (χ2v) is 4.84. The standard InChI is InChI=1S/C13H26O2/c1-3-4-5-6-7-9-12(14)13(15-2)10-8-11-13/h12,14H,3-11H2,1-2H3. The Balaban J connectivity index is 2.09. The molecule has 1 N–H and O–H groups in total. The molecule has 1 rings (SSSR count). The number of hydrogen-bond donors (Lipinski definition) is 1. The van der Waals surface area contributed by atoms with Gasteiger partial charge in [-0.15, -0.1) is 0 Å². The van der Waals surface area contributed by atoms with Gasteiger partial charge in [-0.1, -0.05) is 39.0 Å². The molecule has 0 heterocycles. The Hall–Kier alpha value is -0.0800. The summed E-state index contributed by atoms with van der Waals surface area (Å²) < 4.78 is 5.46. The van der Waals surface area contributed by atoms with Crippen molar-refractivity contribution in [3.63, 3.8) is 0 Å². The van der Waals surface area contributed by atoms with Crippen LogP contribution in [0.3, 0.4) is 0 Å². The first-order chi connectivity index (χ1) is 7.25. The van der Waals surface area contributed by atoms with E-state index in [9.17, 15) is 5.11 Å². The van der Waals surface area contributed by atoms with Gasteiger partial charge in [0.15, 0.2) is 0 Å². The van der Waals surface area contributed by atoms with E-state index in [1.54, 1.807) is 7.11 Å². The topological polar surface area (TPSA) is 29.5 Å². The highest BCUT2D eigenvalue weighted by Gasteiger charge is 2.43. The summed E-state index contributed by atoms with van der Waals surface area (Å²) in [6.45, 7) is 2.23. The van der Waals surface area contributed by atoms with Crippen LogP contribution in [0.4, 0.5) is 0 Å². The molecule has 1 unspecified atom stereocenters. The maximum Gasteiger partial charge on any atom is 0.0936 e. The number of rotatable bonds is 8. The minimum absolute atomic E-state index is 0.176. The molecule has 0 aromatic rings. The van der Waals surface area contributed by atoms with Crippen LogP contribution < -0.4 is 0 Å². The lowest BCUT2D eigenvalue weighted by Gasteiger charge is -2.44. The molecule has 1 atom stereocenters. The molecule has 15 heavy (non-hydrogen) atoms. The Bertz CT molecular complexity index is 158. The summed E-state index contributed by atoms with van der Waals surface area (Å²) in [4.78, 5) is 0. The van der Waals surface area contributed by atoms with E-state index < -0.39 is 0 Å². The SMILES string of the molecule is CCCCCCCC(O)C1(OC)CCC1. The summed E-state index contributed by atoms with van der Waals surface area (Å²) in [5.74, 6) is 0. The molecule has 1 aliphatic carbocycles. The fraction of sp³-hybridized carbons (Fsp3) is 1.00. The van der Waals surface area contributed by atoms with Gasteiger partial charge in [-0.05, 0) is 25.7 Å². The van der Waals surface area contributed by atoms with Crippen molar-refractivity contribution in [1.29, 1.82) is 0 Å². The first-order valence-electron chi connectivity index (χ1n) is 6.48. The van der Waals surface area contributed by atoms with E-state index in [0.717, 1.165) is 25.7 Å². The highest BCUT2D eigenvalue weighted by Crippen LogP contribution is 2.39. The molecule has 0 aromatic carbocycles. The predicted octanol–water partition coefficient (Wildman–Crippen LogP) is 3.28. The average Bonchev–Trinajstić information content (AvgIpc) is 2.17. The third-order valence-electron chi connectivity index (χ3n) is 3.79. The Morgan fingerprint density at radius 1 is 1.20 bits per heavy atom. The molecule has 2 nitrogen and oxygen atoms in total. The van der Waals surface area contributed by atoms with E-state index in [1.807, 2.05) is 0 Å². The van der Waals surface area contributed by atoms with Crippen molar-refractivity contribution >= 4 is 0 Å². The summed E-state index contributed by atoms with van der Waals surface area (Å²) in [5, 5.41) is 10.1. The van der Waals surface area contributed by atoms with Gasteiger partial charge in [0, 0.05) is 7.11 Å². The molecule has 1 saturated carbocycles. The molecule has 0 aliphatic heterocycles. The number of aliphatic hydroxyl groups excluding tert-OH is 1. The van der Waals surface area contributed by atoms with Crippen molar-refractivity contribution in [2.45, 2.75) is 76.4 Å². The van der Waals surface area contributed by atoms with Crippen LogP contribution in [0.1, 0.15) is 64.7 Å². The van der Waals surface area contributed by atoms with Gasteiger partial charge in [-0.25, -0.2) is 0 Å². The maximum absolute atomic E-state index is 10.1. The highest BCUT2D eigenvalue weighted by atomic mass is 16.5. The van der Waals surface area contributed by atoms with E-state index in [0.29, 0.717) is 0 Å². The zero-order valence-electron chi connectivity index (χ0n) is 10.3. The molecular formula is C13H26O2. The van der Waals surface area contributed by atoms with Crippen molar-refractivity contribution in [1.82, 2.24) is 0 Å². The summed E-state index contributed by atoms with van der Waals surface area (Å²) in [5.41, 5.74) is -0.176. The van der Waals surface area contributed by atoms with E-state index in [-0.39, 0.29) is 11.7 Å². The summed E-state index contributed by atoms with van der Waals surface area (Å²) in [6, 6.07) is 0. The van der Waals surface area contributed by atoms with Crippen molar-refractivity contribution in [2.75, 3.05) is 7.11 Å². The predicted molar refractivity (Wildman–Crippen MR) is 63.0 cm³/mol. The van der Waals surface area contributed by atoms with E-state index >= 15 is 0 Å². The molecular weight excluding hydrogens is 188 g/mol. The largest absolute Gasteiger partial charge is 0.390 e. The normalized spacial score (nSPS) is 21.0. The molecule has 1 fully saturated rings. The minimum Gasteiger partial charge on any atom is -0.390 e. The van der Waals surface area contributed by atoms with Gasteiger partial charge in [0.25, 0.3) is 0 Å². The number of hydrogen-bond acceptors (Lipinski definition) is 2. The van der Waals surface area contributed by atoms with Crippen molar-refractivity contribution in [3.05, 3.63) is 0 Å². The van der Waals surface area contributed by atoms with E-state index in [1.165, 1.54) is 32.1 Å². The lowest BCUT2D eigenvalue weighted by molar-refractivity contribution is -0.151. The number of unbranched alkanes of at least 4 members (excludes halogenated alkanes) is 4. The third-order valence-corrected chi connectivity index (χ3v) is 3.79. The van der Waals surface area contributed by atoms with Crippen LogP contribution in [0, 0.1) is 0 Å². The first-order valence-corrected chi connectivity index (χ1v) is 6.48. The van der Waals surface area contributed by atoms with Gasteiger partial charge in [0.05, 0.1) is 11.7 Å². The zero-order chi connectivity index (χ0) is 11.1. The smallest absolute Gasteiger partial charge is 0.0936 e. The number of aliphatic hydroxyl groups is 1. The molecule has 0 amide bonds. The van der Waals surface area contributed by atoms with Crippen LogP contribution in [-0.4, -0.2) is 23.9 Å². The highest BCUT2D eigenvalue weighted by molar-refractivity contribution is 4.95. The van der Waals surface area contributed by atoms with Crippen LogP contribution >= 0.6 is 0 Å². The number of methoxy groups -OCH3 is 1. The van der Waals surface area contributed by atoms with Gasteiger partial charge in [-0.2, -0.15) is 0 Å².